The number of ketones is 1. The first-order chi connectivity index (χ1) is 4.55. The highest BCUT2D eigenvalue weighted by Gasteiger charge is 2.59. The van der Waals surface area contributed by atoms with Crippen molar-refractivity contribution in [3.8, 4) is 0 Å². The Morgan fingerprint density at radius 2 is 1.80 bits per heavy atom. The van der Waals surface area contributed by atoms with Crippen molar-refractivity contribution in [2.75, 3.05) is 0 Å². The molecule has 2 atom stereocenters. The number of rotatable bonds is 2. The molecule has 0 aromatic heterocycles. The lowest BCUT2D eigenvalue weighted by Gasteiger charge is -2.05. The maximum atomic E-state index is 11.3. The van der Waals surface area contributed by atoms with Gasteiger partial charge in [0.25, 0.3) is 0 Å². The molecule has 58 valence electrons. The SMILES string of the molecule is CCC(=O)C1(C)C(C)C1C. The Morgan fingerprint density at radius 1 is 1.40 bits per heavy atom. The highest BCUT2D eigenvalue weighted by molar-refractivity contribution is 5.87. The van der Waals surface area contributed by atoms with Gasteiger partial charge in [-0.2, -0.15) is 0 Å². The van der Waals surface area contributed by atoms with Crippen LogP contribution in [0.1, 0.15) is 34.1 Å². The molecular weight excluding hydrogens is 124 g/mol. The molecule has 0 aliphatic heterocycles. The zero-order valence-corrected chi connectivity index (χ0v) is 7.27. The minimum Gasteiger partial charge on any atom is -0.299 e. The van der Waals surface area contributed by atoms with Crippen LogP contribution < -0.4 is 0 Å². The predicted molar refractivity (Wildman–Crippen MR) is 41.7 cm³/mol. The molecule has 1 fully saturated rings. The first-order valence-electron chi connectivity index (χ1n) is 4.08. The van der Waals surface area contributed by atoms with Crippen LogP contribution in [0.3, 0.4) is 0 Å². The minimum absolute atomic E-state index is 0.0365. The van der Waals surface area contributed by atoms with Gasteiger partial charge in [-0.3, -0.25) is 4.79 Å². The van der Waals surface area contributed by atoms with Gasteiger partial charge in [0.15, 0.2) is 0 Å². The van der Waals surface area contributed by atoms with E-state index in [1.54, 1.807) is 0 Å². The number of carbonyl (C=O) groups is 1. The van der Waals surface area contributed by atoms with Gasteiger partial charge in [-0.05, 0) is 11.8 Å². The summed E-state index contributed by atoms with van der Waals surface area (Å²) in [7, 11) is 0. The summed E-state index contributed by atoms with van der Waals surface area (Å²) in [5.74, 6) is 1.66. The van der Waals surface area contributed by atoms with E-state index in [0.29, 0.717) is 24.0 Å². The van der Waals surface area contributed by atoms with E-state index in [2.05, 4.69) is 20.8 Å². The van der Waals surface area contributed by atoms with Crippen LogP contribution in [0.5, 0.6) is 0 Å². The molecule has 1 aliphatic rings. The number of Topliss-reactive ketones (excluding diaryl/α,β-unsaturated/α-hetero) is 1. The Labute approximate surface area is 62.8 Å². The zero-order chi connectivity index (χ0) is 7.94. The summed E-state index contributed by atoms with van der Waals surface area (Å²) in [6.45, 7) is 8.37. The van der Waals surface area contributed by atoms with Crippen LogP contribution in [0.25, 0.3) is 0 Å². The van der Waals surface area contributed by atoms with Crippen molar-refractivity contribution in [3.63, 3.8) is 0 Å². The smallest absolute Gasteiger partial charge is 0.139 e. The summed E-state index contributed by atoms with van der Waals surface area (Å²) in [6, 6.07) is 0. The van der Waals surface area contributed by atoms with E-state index < -0.39 is 0 Å². The molecule has 0 N–H and O–H groups in total. The molecule has 1 nitrogen and oxygen atoms in total. The van der Waals surface area contributed by atoms with Crippen LogP contribution >= 0.6 is 0 Å². The molecule has 0 radical (unpaired) electrons. The van der Waals surface area contributed by atoms with E-state index in [1.807, 2.05) is 6.92 Å². The largest absolute Gasteiger partial charge is 0.299 e. The summed E-state index contributed by atoms with van der Waals surface area (Å²) in [5, 5.41) is 0. The second-order valence-corrected chi connectivity index (χ2v) is 3.64. The third-order valence-corrected chi connectivity index (χ3v) is 3.45. The quantitative estimate of drug-likeness (QED) is 0.575. The second-order valence-electron chi connectivity index (χ2n) is 3.64. The molecule has 0 aromatic rings. The van der Waals surface area contributed by atoms with Crippen LogP contribution in [0.15, 0.2) is 0 Å². The Kier molecular flexibility index (Phi) is 1.61. The van der Waals surface area contributed by atoms with Crippen LogP contribution in [-0.2, 0) is 4.79 Å². The number of carbonyl (C=O) groups excluding carboxylic acids is 1. The lowest BCUT2D eigenvalue weighted by atomic mass is 9.97. The fourth-order valence-electron chi connectivity index (χ4n) is 1.87. The Hall–Kier alpha value is -0.330. The lowest BCUT2D eigenvalue weighted by Crippen LogP contribution is -2.13. The maximum absolute atomic E-state index is 11.3. The van der Waals surface area contributed by atoms with E-state index in [-0.39, 0.29) is 5.41 Å². The monoisotopic (exact) mass is 140 g/mol. The molecule has 0 bridgehead atoms. The summed E-state index contributed by atoms with van der Waals surface area (Å²) < 4.78 is 0. The second kappa shape index (κ2) is 2.08. The van der Waals surface area contributed by atoms with Crippen LogP contribution in [-0.4, -0.2) is 5.78 Å². The molecular formula is C9H16O. The van der Waals surface area contributed by atoms with E-state index in [4.69, 9.17) is 0 Å². The number of hydrogen-bond donors (Lipinski definition) is 0. The van der Waals surface area contributed by atoms with E-state index >= 15 is 0 Å². The average molecular weight is 140 g/mol. The van der Waals surface area contributed by atoms with Crippen LogP contribution in [0, 0.1) is 17.3 Å². The fourth-order valence-corrected chi connectivity index (χ4v) is 1.87. The molecule has 0 amide bonds. The molecule has 2 unspecified atom stereocenters. The first kappa shape index (κ1) is 7.77. The highest BCUT2D eigenvalue weighted by atomic mass is 16.1. The molecule has 0 heterocycles. The van der Waals surface area contributed by atoms with Crippen molar-refractivity contribution < 1.29 is 4.79 Å². The summed E-state index contributed by atoms with van der Waals surface area (Å²) in [6.07, 6.45) is 0.700. The third kappa shape index (κ3) is 0.727. The van der Waals surface area contributed by atoms with E-state index in [9.17, 15) is 4.79 Å². The van der Waals surface area contributed by atoms with E-state index in [0.717, 1.165) is 0 Å². The highest BCUT2D eigenvalue weighted by Crippen LogP contribution is 2.58. The topological polar surface area (TPSA) is 17.1 Å². The van der Waals surface area contributed by atoms with Crippen molar-refractivity contribution in [2.24, 2.45) is 17.3 Å². The molecule has 10 heavy (non-hydrogen) atoms. The average Bonchev–Trinajstić information content (AvgIpc) is 2.41. The Bertz CT molecular complexity index is 152. The van der Waals surface area contributed by atoms with Gasteiger partial charge >= 0.3 is 0 Å². The summed E-state index contributed by atoms with van der Waals surface area (Å²) in [5.41, 5.74) is 0.0365. The molecule has 1 saturated carbocycles. The van der Waals surface area contributed by atoms with E-state index in [1.165, 1.54) is 0 Å². The van der Waals surface area contributed by atoms with Crippen molar-refractivity contribution in [1.82, 2.24) is 0 Å². The van der Waals surface area contributed by atoms with Crippen molar-refractivity contribution in [2.45, 2.75) is 34.1 Å². The molecule has 0 saturated heterocycles. The Morgan fingerprint density at radius 3 is 1.90 bits per heavy atom. The molecule has 1 rings (SSSR count). The normalized spacial score (nSPS) is 45.2. The minimum atomic E-state index is 0.0365. The van der Waals surface area contributed by atoms with Gasteiger partial charge in [0.2, 0.25) is 0 Å². The predicted octanol–water partition coefficient (Wildman–Crippen LogP) is 2.26. The van der Waals surface area contributed by atoms with Gasteiger partial charge in [0.05, 0.1) is 0 Å². The lowest BCUT2D eigenvalue weighted by molar-refractivity contribution is -0.124. The first-order valence-corrected chi connectivity index (χ1v) is 4.08. The summed E-state index contributed by atoms with van der Waals surface area (Å²) >= 11 is 0. The molecule has 1 heteroatoms. The van der Waals surface area contributed by atoms with Gasteiger partial charge in [0, 0.05) is 11.8 Å². The van der Waals surface area contributed by atoms with Crippen LogP contribution in [0.2, 0.25) is 0 Å². The van der Waals surface area contributed by atoms with Gasteiger partial charge in [0.1, 0.15) is 5.78 Å². The maximum Gasteiger partial charge on any atom is 0.139 e. The number of hydrogen-bond acceptors (Lipinski definition) is 1. The summed E-state index contributed by atoms with van der Waals surface area (Å²) in [4.78, 5) is 11.3. The molecule has 0 aromatic carbocycles. The van der Waals surface area contributed by atoms with Crippen molar-refractivity contribution >= 4 is 5.78 Å². The van der Waals surface area contributed by atoms with Gasteiger partial charge in [-0.25, -0.2) is 0 Å². The van der Waals surface area contributed by atoms with Gasteiger partial charge in [-0.1, -0.05) is 27.7 Å². The van der Waals surface area contributed by atoms with Gasteiger partial charge in [-0.15, -0.1) is 0 Å². The zero-order valence-electron chi connectivity index (χ0n) is 7.27. The van der Waals surface area contributed by atoms with Crippen LogP contribution in [0.4, 0.5) is 0 Å². The Balaban J connectivity index is 2.65. The molecule has 0 spiro atoms. The third-order valence-electron chi connectivity index (χ3n) is 3.45. The standard InChI is InChI=1S/C9H16O/c1-5-8(10)9(4)6(2)7(9)3/h6-7H,5H2,1-4H3. The van der Waals surface area contributed by atoms with Gasteiger partial charge < -0.3 is 0 Å². The fraction of sp³-hybridized carbons (Fsp3) is 0.889. The van der Waals surface area contributed by atoms with Crippen molar-refractivity contribution in [1.29, 1.82) is 0 Å². The van der Waals surface area contributed by atoms with Crippen molar-refractivity contribution in [3.05, 3.63) is 0 Å². The molecule has 1 aliphatic carbocycles.